The fourth-order valence-corrected chi connectivity index (χ4v) is 1.20. The Bertz CT molecular complexity index is 322. The summed E-state index contributed by atoms with van der Waals surface area (Å²) in [5, 5.41) is 0. The molecule has 15 heavy (non-hydrogen) atoms. The molecule has 1 aromatic carbocycles. The van der Waals surface area contributed by atoms with Crippen LogP contribution in [0.2, 0.25) is 0 Å². The van der Waals surface area contributed by atoms with Crippen LogP contribution in [0.15, 0.2) is 54.3 Å². The first-order valence-electron chi connectivity index (χ1n) is 5.36. The normalized spacial score (nSPS) is 12.0. The second-order valence-electron chi connectivity index (χ2n) is 3.28. The highest BCUT2D eigenvalue weighted by Crippen LogP contribution is 2.07. The largest absolute Gasteiger partial charge is 0.489 e. The molecule has 0 N–H and O–H groups in total. The zero-order chi connectivity index (χ0) is 10.9. The van der Waals surface area contributed by atoms with E-state index in [1.54, 1.807) is 0 Å². The second kappa shape index (κ2) is 6.88. The third kappa shape index (κ3) is 4.50. The summed E-state index contributed by atoms with van der Waals surface area (Å²) in [6.45, 7) is 4.73. The summed E-state index contributed by atoms with van der Waals surface area (Å²) in [5.41, 5.74) is 1.20. The van der Waals surface area contributed by atoms with Crippen LogP contribution in [0.4, 0.5) is 0 Å². The molecule has 1 aromatic rings. The molecule has 1 heteroatoms. The van der Waals surface area contributed by atoms with Gasteiger partial charge in [-0.05, 0) is 31.1 Å². The standard InChI is InChI=1S/C14H18O/c1-3-5-11-14(4-2)15-12-13-9-7-6-8-10-13/h4-11H,3,12H2,1-2H3/b11-5-,14-4+. The van der Waals surface area contributed by atoms with Crippen LogP contribution in [0, 0.1) is 0 Å². The average Bonchev–Trinajstić information content (AvgIpc) is 2.31. The van der Waals surface area contributed by atoms with E-state index in [0.717, 1.165) is 12.2 Å². The van der Waals surface area contributed by atoms with Crippen molar-refractivity contribution in [1.82, 2.24) is 0 Å². The second-order valence-corrected chi connectivity index (χ2v) is 3.28. The van der Waals surface area contributed by atoms with Gasteiger partial charge in [0.25, 0.3) is 0 Å². The van der Waals surface area contributed by atoms with E-state index in [-0.39, 0.29) is 0 Å². The molecule has 0 aliphatic heterocycles. The van der Waals surface area contributed by atoms with E-state index in [1.807, 2.05) is 37.3 Å². The predicted octanol–water partition coefficient (Wildman–Crippen LogP) is 4.07. The third-order valence-electron chi connectivity index (χ3n) is 2.05. The number of hydrogen-bond donors (Lipinski definition) is 0. The minimum atomic E-state index is 0.633. The highest BCUT2D eigenvalue weighted by molar-refractivity contribution is 5.15. The third-order valence-corrected chi connectivity index (χ3v) is 2.05. The maximum atomic E-state index is 5.65. The molecule has 0 atom stereocenters. The molecule has 0 unspecified atom stereocenters. The van der Waals surface area contributed by atoms with Gasteiger partial charge in [0.2, 0.25) is 0 Å². The maximum Gasteiger partial charge on any atom is 0.115 e. The van der Waals surface area contributed by atoms with Gasteiger partial charge >= 0.3 is 0 Å². The van der Waals surface area contributed by atoms with E-state index in [4.69, 9.17) is 4.74 Å². The summed E-state index contributed by atoms with van der Waals surface area (Å²) in [4.78, 5) is 0. The average molecular weight is 202 g/mol. The fraction of sp³-hybridized carbons (Fsp3) is 0.286. The Hall–Kier alpha value is -1.50. The van der Waals surface area contributed by atoms with Gasteiger partial charge in [-0.15, -0.1) is 0 Å². The zero-order valence-electron chi connectivity index (χ0n) is 9.44. The highest BCUT2D eigenvalue weighted by Gasteiger charge is 1.93. The van der Waals surface area contributed by atoms with Gasteiger partial charge in [-0.25, -0.2) is 0 Å². The van der Waals surface area contributed by atoms with E-state index in [2.05, 4.69) is 25.1 Å². The number of allylic oxidation sites excluding steroid dienone is 3. The summed E-state index contributed by atoms with van der Waals surface area (Å²) < 4.78 is 5.65. The molecule has 80 valence electrons. The summed E-state index contributed by atoms with van der Waals surface area (Å²) >= 11 is 0. The zero-order valence-corrected chi connectivity index (χ0v) is 9.44. The number of hydrogen-bond acceptors (Lipinski definition) is 1. The molecule has 0 radical (unpaired) electrons. The smallest absolute Gasteiger partial charge is 0.115 e. The predicted molar refractivity (Wildman–Crippen MR) is 64.4 cm³/mol. The minimum Gasteiger partial charge on any atom is -0.489 e. The Balaban J connectivity index is 2.45. The van der Waals surface area contributed by atoms with E-state index < -0.39 is 0 Å². The van der Waals surface area contributed by atoms with E-state index in [0.29, 0.717) is 6.61 Å². The molecule has 0 aliphatic carbocycles. The van der Waals surface area contributed by atoms with Crippen LogP contribution in [-0.4, -0.2) is 0 Å². The molecule has 0 aliphatic rings. The molecule has 0 bridgehead atoms. The topological polar surface area (TPSA) is 9.23 Å². The molecular formula is C14H18O. The summed E-state index contributed by atoms with van der Waals surface area (Å²) in [5.74, 6) is 0.931. The van der Waals surface area contributed by atoms with Gasteiger partial charge < -0.3 is 4.74 Å². The van der Waals surface area contributed by atoms with Gasteiger partial charge in [-0.3, -0.25) is 0 Å². The summed E-state index contributed by atoms with van der Waals surface area (Å²) in [7, 11) is 0. The van der Waals surface area contributed by atoms with Crippen molar-refractivity contribution in [3.8, 4) is 0 Å². The molecule has 0 amide bonds. The summed E-state index contributed by atoms with van der Waals surface area (Å²) in [6, 6.07) is 10.2. The lowest BCUT2D eigenvalue weighted by Crippen LogP contribution is -1.91. The first-order valence-corrected chi connectivity index (χ1v) is 5.36. The molecule has 0 heterocycles. The molecule has 0 spiro atoms. The first kappa shape index (κ1) is 11.6. The SMILES string of the molecule is C/C=C(\C=C/CC)OCc1ccccc1. The number of rotatable bonds is 5. The van der Waals surface area contributed by atoms with Crippen LogP contribution >= 0.6 is 0 Å². The van der Waals surface area contributed by atoms with Gasteiger partial charge in [0.1, 0.15) is 12.4 Å². The lowest BCUT2D eigenvalue weighted by atomic mass is 10.2. The Morgan fingerprint density at radius 2 is 2.00 bits per heavy atom. The van der Waals surface area contributed by atoms with Crippen molar-refractivity contribution in [3.05, 3.63) is 59.9 Å². The van der Waals surface area contributed by atoms with Gasteiger partial charge in [0.15, 0.2) is 0 Å². The molecule has 1 nitrogen and oxygen atoms in total. The minimum absolute atomic E-state index is 0.633. The van der Waals surface area contributed by atoms with Crippen LogP contribution in [0.3, 0.4) is 0 Å². The van der Waals surface area contributed by atoms with Crippen LogP contribution in [0.1, 0.15) is 25.8 Å². The van der Waals surface area contributed by atoms with Gasteiger partial charge in [-0.2, -0.15) is 0 Å². The first-order chi connectivity index (χ1) is 7.36. The highest BCUT2D eigenvalue weighted by atomic mass is 16.5. The maximum absolute atomic E-state index is 5.65. The van der Waals surface area contributed by atoms with Crippen LogP contribution in [0.25, 0.3) is 0 Å². The Morgan fingerprint density at radius 3 is 2.60 bits per heavy atom. The number of ether oxygens (including phenoxy) is 1. The monoisotopic (exact) mass is 202 g/mol. The van der Waals surface area contributed by atoms with E-state index in [9.17, 15) is 0 Å². The lowest BCUT2D eigenvalue weighted by Gasteiger charge is -2.06. The van der Waals surface area contributed by atoms with Crippen molar-refractivity contribution in [3.63, 3.8) is 0 Å². The fourth-order valence-electron chi connectivity index (χ4n) is 1.20. The molecule has 0 saturated carbocycles. The van der Waals surface area contributed by atoms with E-state index >= 15 is 0 Å². The molecule has 0 aromatic heterocycles. The van der Waals surface area contributed by atoms with Gasteiger partial charge in [0, 0.05) is 0 Å². The van der Waals surface area contributed by atoms with Crippen LogP contribution in [-0.2, 0) is 11.3 Å². The van der Waals surface area contributed by atoms with Crippen molar-refractivity contribution in [1.29, 1.82) is 0 Å². The van der Waals surface area contributed by atoms with Crippen molar-refractivity contribution >= 4 is 0 Å². The Morgan fingerprint density at radius 1 is 1.27 bits per heavy atom. The van der Waals surface area contributed by atoms with Crippen LogP contribution < -0.4 is 0 Å². The van der Waals surface area contributed by atoms with Crippen molar-refractivity contribution in [2.75, 3.05) is 0 Å². The Labute approximate surface area is 92.1 Å². The Kier molecular flexibility index (Phi) is 5.31. The van der Waals surface area contributed by atoms with Crippen molar-refractivity contribution < 1.29 is 4.74 Å². The van der Waals surface area contributed by atoms with E-state index in [1.165, 1.54) is 5.56 Å². The number of benzene rings is 1. The van der Waals surface area contributed by atoms with Gasteiger partial charge in [-0.1, -0.05) is 43.3 Å². The van der Waals surface area contributed by atoms with Crippen molar-refractivity contribution in [2.45, 2.75) is 26.9 Å². The molecule has 0 saturated heterocycles. The quantitative estimate of drug-likeness (QED) is 0.516. The van der Waals surface area contributed by atoms with Crippen molar-refractivity contribution in [2.24, 2.45) is 0 Å². The molecule has 1 rings (SSSR count). The molecule has 0 fully saturated rings. The van der Waals surface area contributed by atoms with Crippen LogP contribution in [0.5, 0.6) is 0 Å². The molecular weight excluding hydrogens is 184 g/mol. The van der Waals surface area contributed by atoms with Gasteiger partial charge in [0.05, 0.1) is 0 Å². The lowest BCUT2D eigenvalue weighted by molar-refractivity contribution is 0.210. The summed E-state index contributed by atoms with van der Waals surface area (Å²) in [6.07, 6.45) is 7.13.